The van der Waals surface area contributed by atoms with Gasteiger partial charge in [-0.1, -0.05) is 32.0 Å². The lowest BCUT2D eigenvalue weighted by atomic mass is 10.2. The van der Waals surface area contributed by atoms with Gasteiger partial charge in [0.25, 0.3) is 0 Å². The van der Waals surface area contributed by atoms with Crippen LogP contribution in [0.25, 0.3) is 10.9 Å². The third kappa shape index (κ3) is 4.67. The molecule has 2 aromatic rings. The highest BCUT2D eigenvalue weighted by atomic mass is 15.1. The highest BCUT2D eigenvalue weighted by molar-refractivity contribution is 5.78. The predicted octanol–water partition coefficient (Wildman–Crippen LogP) is 3.55. The van der Waals surface area contributed by atoms with Crippen molar-refractivity contribution in [2.45, 2.75) is 39.7 Å². The molecule has 0 radical (unpaired) electrons. The fourth-order valence-corrected chi connectivity index (χ4v) is 2.50. The zero-order valence-corrected chi connectivity index (χ0v) is 13.3. The first-order valence-corrected chi connectivity index (χ1v) is 7.93. The molecule has 114 valence electrons. The summed E-state index contributed by atoms with van der Waals surface area (Å²) in [5, 5.41) is 4.48. The highest BCUT2D eigenvalue weighted by Crippen LogP contribution is 2.13. The van der Waals surface area contributed by atoms with E-state index in [4.69, 9.17) is 0 Å². The molecular weight excluding hydrogens is 260 g/mol. The molecule has 0 aliphatic heterocycles. The SMILES string of the molecule is CCN(CC)CCCC(C)Nc1ncc2ccccc2n1. The van der Waals surface area contributed by atoms with Crippen molar-refractivity contribution in [3.63, 3.8) is 0 Å². The average Bonchev–Trinajstić information content (AvgIpc) is 2.51. The molecule has 1 aromatic carbocycles. The minimum atomic E-state index is 0.390. The maximum atomic E-state index is 4.56. The third-order valence-electron chi connectivity index (χ3n) is 3.87. The van der Waals surface area contributed by atoms with Crippen molar-refractivity contribution in [3.8, 4) is 0 Å². The van der Waals surface area contributed by atoms with Crippen molar-refractivity contribution in [3.05, 3.63) is 30.5 Å². The smallest absolute Gasteiger partial charge is 0.223 e. The summed E-state index contributed by atoms with van der Waals surface area (Å²) in [4.78, 5) is 11.4. The Morgan fingerprint density at radius 3 is 2.71 bits per heavy atom. The topological polar surface area (TPSA) is 41.0 Å². The Morgan fingerprint density at radius 1 is 1.19 bits per heavy atom. The Bertz CT molecular complexity index is 551. The number of hydrogen-bond acceptors (Lipinski definition) is 4. The first-order valence-electron chi connectivity index (χ1n) is 7.93. The van der Waals surface area contributed by atoms with E-state index in [2.05, 4.69) is 41.0 Å². The van der Waals surface area contributed by atoms with Crippen LogP contribution in [0, 0.1) is 0 Å². The lowest BCUT2D eigenvalue weighted by molar-refractivity contribution is 0.295. The van der Waals surface area contributed by atoms with Crippen LogP contribution < -0.4 is 5.32 Å². The van der Waals surface area contributed by atoms with Gasteiger partial charge in [-0.25, -0.2) is 9.97 Å². The van der Waals surface area contributed by atoms with Gasteiger partial charge in [0.2, 0.25) is 5.95 Å². The van der Waals surface area contributed by atoms with E-state index in [1.807, 2.05) is 30.5 Å². The van der Waals surface area contributed by atoms with Gasteiger partial charge in [0.1, 0.15) is 0 Å². The number of hydrogen-bond donors (Lipinski definition) is 1. The van der Waals surface area contributed by atoms with Gasteiger partial charge in [-0.15, -0.1) is 0 Å². The summed E-state index contributed by atoms with van der Waals surface area (Å²) >= 11 is 0. The third-order valence-corrected chi connectivity index (χ3v) is 3.87. The van der Waals surface area contributed by atoms with E-state index in [0.29, 0.717) is 6.04 Å². The Kier molecular flexibility index (Phi) is 5.93. The van der Waals surface area contributed by atoms with Crippen LogP contribution in [0.1, 0.15) is 33.6 Å². The molecule has 1 heterocycles. The molecule has 0 aliphatic rings. The van der Waals surface area contributed by atoms with E-state index < -0.39 is 0 Å². The second-order valence-electron chi connectivity index (χ2n) is 5.47. The molecule has 0 aliphatic carbocycles. The van der Waals surface area contributed by atoms with Crippen LogP contribution in [0.5, 0.6) is 0 Å². The summed E-state index contributed by atoms with van der Waals surface area (Å²) in [6, 6.07) is 8.46. The second-order valence-corrected chi connectivity index (χ2v) is 5.47. The summed E-state index contributed by atoms with van der Waals surface area (Å²) in [7, 11) is 0. The number of nitrogens with zero attached hydrogens (tertiary/aromatic N) is 3. The summed E-state index contributed by atoms with van der Waals surface area (Å²) in [6.07, 6.45) is 4.21. The number of fused-ring (bicyclic) bond motifs is 1. The molecule has 0 saturated heterocycles. The predicted molar refractivity (Wildman–Crippen MR) is 89.6 cm³/mol. The minimum absolute atomic E-state index is 0.390. The van der Waals surface area contributed by atoms with E-state index in [9.17, 15) is 0 Å². The molecule has 4 nitrogen and oxygen atoms in total. The van der Waals surface area contributed by atoms with Crippen LogP contribution in [-0.2, 0) is 0 Å². The van der Waals surface area contributed by atoms with E-state index in [1.165, 1.54) is 6.42 Å². The molecular formula is C17H26N4. The molecule has 0 amide bonds. The van der Waals surface area contributed by atoms with E-state index in [1.54, 1.807) is 0 Å². The van der Waals surface area contributed by atoms with E-state index >= 15 is 0 Å². The maximum absolute atomic E-state index is 4.56. The van der Waals surface area contributed by atoms with Gasteiger partial charge in [0.05, 0.1) is 5.52 Å². The number of aromatic nitrogens is 2. The molecule has 1 aromatic heterocycles. The monoisotopic (exact) mass is 286 g/mol. The average molecular weight is 286 g/mol. The fraction of sp³-hybridized carbons (Fsp3) is 0.529. The van der Waals surface area contributed by atoms with Crippen LogP contribution in [0.15, 0.2) is 30.5 Å². The highest BCUT2D eigenvalue weighted by Gasteiger charge is 2.06. The first-order chi connectivity index (χ1) is 10.2. The van der Waals surface area contributed by atoms with Gasteiger partial charge < -0.3 is 10.2 Å². The molecule has 1 N–H and O–H groups in total. The Labute approximate surface area is 127 Å². The van der Waals surface area contributed by atoms with Crippen LogP contribution in [0.2, 0.25) is 0 Å². The summed E-state index contributed by atoms with van der Waals surface area (Å²) in [6.45, 7) is 10.1. The van der Waals surface area contributed by atoms with Gasteiger partial charge in [-0.2, -0.15) is 0 Å². The number of nitrogens with one attached hydrogen (secondary N) is 1. The normalized spacial score (nSPS) is 12.8. The Hall–Kier alpha value is -1.68. The number of rotatable bonds is 8. The molecule has 4 heteroatoms. The van der Waals surface area contributed by atoms with Crippen LogP contribution in [0.3, 0.4) is 0 Å². The van der Waals surface area contributed by atoms with Crippen molar-refractivity contribution < 1.29 is 0 Å². The standard InChI is InChI=1S/C17H26N4/c1-4-21(5-2)12-8-9-14(3)19-17-18-13-15-10-6-7-11-16(15)20-17/h6-7,10-11,13-14H,4-5,8-9,12H2,1-3H3,(H,18,19,20). The van der Waals surface area contributed by atoms with E-state index in [-0.39, 0.29) is 0 Å². The van der Waals surface area contributed by atoms with Gasteiger partial charge >= 0.3 is 0 Å². The van der Waals surface area contributed by atoms with Gasteiger partial charge in [0, 0.05) is 17.6 Å². The molecule has 21 heavy (non-hydrogen) atoms. The van der Waals surface area contributed by atoms with Gasteiger partial charge in [0.15, 0.2) is 0 Å². The summed E-state index contributed by atoms with van der Waals surface area (Å²) in [5.74, 6) is 0.726. The van der Waals surface area contributed by atoms with Crippen molar-refractivity contribution in [1.29, 1.82) is 0 Å². The zero-order chi connectivity index (χ0) is 15.1. The largest absolute Gasteiger partial charge is 0.352 e. The van der Waals surface area contributed by atoms with E-state index in [0.717, 1.165) is 42.9 Å². The quantitative estimate of drug-likeness (QED) is 0.805. The second kappa shape index (κ2) is 7.93. The zero-order valence-electron chi connectivity index (χ0n) is 13.3. The van der Waals surface area contributed by atoms with Crippen LogP contribution in [-0.4, -0.2) is 40.5 Å². The summed E-state index contributed by atoms with van der Waals surface area (Å²) in [5.41, 5.74) is 0.991. The van der Waals surface area contributed by atoms with Gasteiger partial charge in [-0.3, -0.25) is 0 Å². The number of benzene rings is 1. The van der Waals surface area contributed by atoms with Crippen molar-refractivity contribution >= 4 is 16.9 Å². The Balaban J connectivity index is 1.85. The maximum Gasteiger partial charge on any atom is 0.223 e. The number of para-hydroxylation sites is 1. The van der Waals surface area contributed by atoms with Crippen LogP contribution >= 0.6 is 0 Å². The molecule has 0 fully saturated rings. The summed E-state index contributed by atoms with van der Waals surface area (Å²) < 4.78 is 0. The van der Waals surface area contributed by atoms with Crippen molar-refractivity contribution in [2.24, 2.45) is 0 Å². The van der Waals surface area contributed by atoms with Gasteiger partial charge in [-0.05, 0) is 45.5 Å². The fourth-order valence-electron chi connectivity index (χ4n) is 2.50. The van der Waals surface area contributed by atoms with Crippen molar-refractivity contribution in [2.75, 3.05) is 25.0 Å². The molecule has 0 saturated carbocycles. The number of anilines is 1. The Morgan fingerprint density at radius 2 is 1.95 bits per heavy atom. The lowest BCUT2D eigenvalue weighted by Gasteiger charge is -2.19. The first kappa shape index (κ1) is 15.7. The van der Waals surface area contributed by atoms with Crippen molar-refractivity contribution in [1.82, 2.24) is 14.9 Å². The molecule has 2 rings (SSSR count). The molecule has 0 spiro atoms. The molecule has 0 bridgehead atoms. The molecule has 1 atom stereocenters. The van der Waals surface area contributed by atoms with Crippen LogP contribution in [0.4, 0.5) is 5.95 Å². The minimum Gasteiger partial charge on any atom is -0.352 e. The lowest BCUT2D eigenvalue weighted by Crippen LogP contribution is -2.25. The molecule has 1 unspecified atom stereocenters.